The van der Waals surface area contributed by atoms with Crippen LogP contribution in [0.3, 0.4) is 0 Å². The highest BCUT2D eigenvalue weighted by Crippen LogP contribution is 2.25. The van der Waals surface area contributed by atoms with Gasteiger partial charge in [-0.05, 0) is 45.4 Å². The molecule has 0 aliphatic carbocycles. The number of nitrogens with zero attached hydrogens (tertiary/aromatic N) is 4. The Kier molecular flexibility index (Phi) is 7.45. The lowest BCUT2D eigenvalue weighted by atomic mass is 10.1. The second-order valence-corrected chi connectivity index (χ2v) is 9.96. The van der Waals surface area contributed by atoms with Crippen molar-refractivity contribution in [2.75, 3.05) is 30.3 Å². The average molecular weight is 497 g/mol. The fraction of sp³-hybridized carbons (Fsp3) is 0.375. The summed E-state index contributed by atoms with van der Waals surface area (Å²) in [6.07, 6.45) is 3.92. The summed E-state index contributed by atoms with van der Waals surface area (Å²) in [6.45, 7) is 7.18. The molecule has 11 heteroatoms. The number of carbonyl (C=O) groups excluding carboxylic acids is 2. The third kappa shape index (κ3) is 7.12. The van der Waals surface area contributed by atoms with Gasteiger partial charge in [-0.15, -0.1) is 11.3 Å². The average Bonchev–Trinajstić information content (AvgIpc) is 3.47. The van der Waals surface area contributed by atoms with Crippen molar-refractivity contribution in [2.45, 2.75) is 32.8 Å². The molecule has 3 aromatic rings. The fourth-order valence-corrected chi connectivity index (χ4v) is 4.21. The van der Waals surface area contributed by atoms with Crippen LogP contribution in [0, 0.1) is 5.92 Å². The van der Waals surface area contributed by atoms with E-state index in [9.17, 15) is 9.59 Å². The van der Waals surface area contributed by atoms with Gasteiger partial charge in [0.05, 0.1) is 6.61 Å². The summed E-state index contributed by atoms with van der Waals surface area (Å²) in [5, 5.41) is 7.96. The van der Waals surface area contributed by atoms with Crippen molar-refractivity contribution in [3.63, 3.8) is 0 Å². The molecule has 1 aliphatic heterocycles. The predicted octanol–water partition coefficient (Wildman–Crippen LogP) is 4.88. The van der Waals surface area contributed by atoms with E-state index in [2.05, 4.69) is 25.6 Å². The molecule has 10 nitrogen and oxygen atoms in total. The van der Waals surface area contributed by atoms with Gasteiger partial charge in [0, 0.05) is 48.4 Å². The summed E-state index contributed by atoms with van der Waals surface area (Å²) >= 11 is 1.43. The minimum atomic E-state index is -0.517. The number of likely N-dealkylation sites (tertiary alicyclic amines) is 1. The Morgan fingerprint density at radius 2 is 1.89 bits per heavy atom. The third-order valence-electron chi connectivity index (χ3n) is 5.04. The van der Waals surface area contributed by atoms with E-state index in [4.69, 9.17) is 9.47 Å². The van der Waals surface area contributed by atoms with Gasteiger partial charge in [-0.1, -0.05) is 6.07 Å². The van der Waals surface area contributed by atoms with E-state index in [-0.39, 0.29) is 12.0 Å². The Labute approximate surface area is 207 Å². The van der Waals surface area contributed by atoms with Crippen molar-refractivity contribution in [3.8, 4) is 16.5 Å². The van der Waals surface area contributed by atoms with E-state index in [0.29, 0.717) is 37.2 Å². The van der Waals surface area contributed by atoms with Gasteiger partial charge in [-0.25, -0.2) is 14.6 Å². The molecule has 0 bridgehead atoms. The van der Waals surface area contributed by atoms with Crippen molar-refractivity contribution < 1.29 is 19.1 Å². The zero-order chi connectivity index (χ0) is 24.8. The number of thiazole rings is 1. The molecule has 0 saturated carbocycles. The lowest BCUT2D eigenvalue weighted by Crippen LogP contribution is -2.35. The van der Waals surface area contributed by atoms with Crippen LogP contribution in [0.1, 0.15) is 27.2 Å². The molecule has 0 radical (unpaired) electrons. The summed E-state index contributed by atoms with van der Waals surface area (Å²) in [7, 11) is 0. The summed E-state index contributed by atoms with van der Waals surface area (Å²) in [4.78, 5) is 39.1. The lowest BCUT2D eigenvalue weighted by Gasteiger charge is -2.24. The van der Waals surface area contributed by atoms with Crippen molar-refractivity contribution in [1.29, 1.82) is 0 Å². The van der Waals surface area contributed by atoms with Crippen LogP contribution < -0.4 is 15.4 Å². The predicted molar refractivity (Wildman–Crippen MR) is 134 cm³/mol. The molecule has 0 spiro atoms. The third-order valence-corrected chi connectivity index (χ3v) is 5.93. The summed E-state index contributed by atoms with van der Waals surface area (Å²) in [5.74, 6) is 1.38. The summed E-state index contributed by atoms with van der Waals surface area (Å²) in [6, 6.07) is 8.42. The van der Waals surface area contributed by atoms with Gasteiger partial charge in [0.25, 0.3) is 0 Å². The molecule has 35 heavy (non-hydrogen) atoms. The molecular formula is C24H28N6O4S. The van der Waals surface area contributed by atoms with Gasteiger partial charge in [-0.3, -0.25) is 15.6 Å². The van der Waals surface area contributed by atoms with Crippen LogP contribution in [0.4, 0.5) is 21.2 Å². The van der Waals surface area contributed by atoms with Gasteiger partial charge in [0.1, 0.15) is 22.2 Å². The molecule has 1 saturated heterocycles. The van der Waals surface area contributed by atoms with Gasteiger partial charge >= 0.3 is 12.1 Å². The highest BCUT2D eigenvalue weighted by molar-refractivity contribution is 7.13. The van der Waals surface area contributed by atoms with E-state index in [1.54, 1.807) is 40.9 Å². The number of pyridine rings is 2. The monoisotopic (exact) mass is 496 g/mol. The van der Waals surface area contributed by atoms with Gasteiger partial charge in [0.15, 0.2) is 0 Å². The topological polar surface area (TPSA) is 119 Å². The van der Waals surface area contributed by atoms with E-state index in [1.165, 1.54) is 11.3 Å². The standard InChI is InChI=1S/C24H28N6O4S/c1-24(2,3)34-23(32)30-12-9-16(13-30)14-33-20-6-4-5-18(26-20)28-22(31)29-19-15-35-21(27-19)17-7-10-25-11-8-17/h4-8,10-11,15-16H,9,12-14H2,1-3H3,(H2,26,28,29,31). The molecule has 0 aromatic carbocycles. The molecule has 3 amide bonds. The maximum atomic E-state index is 12.4. The molecule has 1 atom stereocenters. The van der Waals surface area contributed by atoms with Crippen molar-refractivity contribution in [2.24, 2.45) is 5.92 Å². The molecule has 1 fully saturated rings. The van der Waals surface area contributed by atoms with Crippen LogP contribution in [-0.4, -0.2) is 57.3 Å². The Morgan fingerprint density at radius 1 is 1.11 bits per heavy atom. The lowest BCUT2D eigenvalue weighted by molar-refractivity contribution is 0.0284. The van der Waals surface area contributed by atoms with Crippen LogP contribution in [0.5, 0.6) is 5.88 Å². The minimum absolute atomic E-state index is 0.184. The highest BCUT2D eigenvalue weighted by atomic mass is 32.1. The van der Waals surface area contributed by atoms with Crippen LogP contribution in [0.2, 0.25) is 0 Å². The second kappa shape index (κ2) is 10.7. The van der Waals surface area contributed by atoms with Gasteiger partial charge in [-0.2, -0.15) is 4.98 Å². The van der Waals surface area contributed by atoms with E-state index in [0.717, 1.165) is 17.0 Å². The number of carbonyl (C=O) groups is 2. The maximum absolute atomic E-state index is 12.4. The Bertz CT molecular complexity index is 1160. The normalized spacial score (nSPS) is 15.5. The van der Waals surface area contributed by atoms with Gasteiger partial charge in [0.2, 0.25) is 5.88 Å². The number of anilines is 2. The quantitative estimate of drug-likeness (QED) is 0.499. The number of aromatic nitrogens is 3. The molecule has 3 aromatic heterocycles. The number of rotatable bonds is 6. The zero-order valence-corrected chi connectivity index (χ0v) is 20.7. The van der Waals surface area contributed by atoms with Crippen molar-refractivity contribution >= 4 is 35.1 Å². The van der Waals surface area contributed by atoms with E-state index in [1.807, 2.05) is 32.9 Å². The first kappa shape index (κ1) is 24.4. The van der Waals surface area contributed by atoms with Crippen molar-refractivity contribution in [1.82, 2.24) is 19.9 Å². The fourth-order valence-electron chi connectivity index (χ4n) is 3.45. The Balaban J connectivity index is 1.25. The maximum Gasteiger partial charge on any atom is 0.410 e. The molecular weight excluding hydrogens is 468 g/mol. The van der Waals surface area contributed by atoms with Gasteiger partial charge < -0.3 is 14.4 Å². The SMILES string of the molecule is CC(C)(C)OC(=O)N1CCC(COc2cccc(NC(=O)Nc3csc(-c4ccncc4)n3)n2)C1. The largest absolute Gasteiger partial charge is 0.477 e. The first-order valence-corrected chi connectivity index (χ1v) is 12.1. The number of urea groups is 1. The number of nitrogens with one attached hydrogen (secondary N) is 2. The van der Waals surface area contributed by atoms with Crippen LogP contribution >= 0.6 is 11.3 Å². The Morgan fingerprint density at radius 3 is 2.66 bits per heavy atom. The smallest absolute Gasteiger partial charge is 0.410 e. The molecule has 1 unspecified atom stereocenters. The highest BCUT2D eigenvalue weighted by Gasteiger charge is 2.30. The molecule has 1 aliphatic rings. The van der Waals surface area contributed by atoms with Crippen LogP contribution in [-0.2, 0) is 4.74 Å². The van der Waals surface area contributed by atoms with E-state index < -0.39 is 11.6 Å². The summed E-state index contributed by atoms with van der Waals surface area (Å²) in [5.41, 5.74) is 0.415. The van der Waals surface area contributed by atoms with Crippen LogP contribution in [0.15, 0.2) is 48.1 Å². The Hall–Kier alpha value is -3.73. The first-order valence-electron chi connectivity index (χ1n) is 11.3. The minimum Gasteiger partial charge on any atom is -0.477 e. The molecule has 4 heterocycles. The molecule has 184 valence electrons. The first-order chi connectivity index (χ1) is 16.7. The van der Waals surface area contributed by atoms with Crippen LogP contribution in [0.25, 0.3) is 10.6 Å². The number of amides is 3. The number of hydrogen-bond acceptors (Lipinski definition) is 8. The summed E-state index contributed by atoms with van der Waals surface area (Å²) < 4.78 is 11.3. The second-order valence-electron chi connectivity index (χ2n) is 9.11. The molecule has 2 N–H and O–H groups in total. The van der Waals surface area contributed by atoms with E-state index >= 15 is 0 Å². The number of hydrogen-bond donors (Lipinski definition) is 2. The number of ether oxygens (including phenoxy) is 2. The van der Waals surface area contributed by atoms with Crippen molar-refractivity contribution in [3.05, 3.63) is 48.1 Å². The zero-order valence-electron chi connectivity index (χ0n) is 19.9. The molecule has 4 rings (SSSR count).